The number of amides is 1. The van der Waals surface area contributed by atoms with Crippen molar-refractivity contribution in [1.82, 2.24) is 5.32 Å². The van der Waals surface area contributed by atoms with Crippen molar-refractivity contribution in [3.05, 3.63) is 0 Å². The van der Waals surface area contributed by atoms with E-state index >= 15 is 0 Å². The molecule has 0 fully saturated rings. The number of methoxy groups -OCH3 is 1. The van der Waals surface area contributed by atoms with Crippen LogP contribution in [0.2, 0.25) is 0 Å². The number of hydrogen-bond acceptors (Lipinski definition) is 4. The topological polar surface area (TPSA) is 102 Å². The second kappa shape index (κ2) is 10.8. The van der Waals surface area contributed by atoms with E-state index in [0.29, 0.717) is 31.9 Å². The molecule has 0 aliphatic rings. The molecular formula is C13H26N2O4. The van der Waals surface area contributed by atoms with Crippen molar-refractivity contribution in [2.45, 2.75) is 45.1 Å². The normalized spacial score (nSPS) is 13.8. The van der Waals surface area contributed by atoms with Crippen LogP contribution in [0.5, 0.6) is 0 Å². The van der Waals surface area contributed by atoms with E-state index in [2.05, 4.69) is 5.32 Å². The van der Waals surface area contributed by atoms with Gasteiger partial charge in [-0.05, 0) is 25.2 Å². The zero-order chi connectivity index (χ0) is 14.7. The highest BCUT2D eigenvalue weighted by molar-refractivity contribution is 5.81. The number of nitrogens with one attached hydrogen (secondary N) is 1. The number of ether oxygens (including phenoxy) is 1. The number of carboxylic acid groups (broad SMARTS) is 1. The Morgan fingerprint density at radius 3 is 2.53 bits per heavy atom. The van der Waals surface area contributed by atoms with Crippen LogP contribution in [0.25, 0.3) is 0 Å². The second-order valence-electron chi connectivity index (χ2n) is 4.67. The smallest absolute Gasteiger partial charge is 0.303 e. The van der Waals surface area contributed by atoms with Crippen LogP contribution in [0.4, 0.5) is 0 Å². The minimum absolute atomic E-state index is 0.176. The zero-order valence-corrected chi connectivity index (χ0v) is 11.9. The lowest BCUT2D eigenvalue weighted by Crippen LogP contribution is -2.41. The standard InChI is InChI=1S/C13H26N2O4/c1-3-10(4-5-12(16)17)6-8-15-13(18)11(14)7-9-19-2/h10-11H,3-9,14H2,1-2H3,(H,15,18)(H,16,17). The van der Waals surface area contributed by atoms with E-state index < -0.39 is 12.0 Å². The lowest BCUT2D eigenvalue weighted by atomic mass is 9.96. The maximum absolute atomic E-state index is 11.6. The molecule has 0 saturated carbocycles. The van der Waals surface area contributed by atoms with Gasteiger partial charge >= 0.3 is 5.97 Å². The van der Waals surface area contributed by atoms with Crippen LogP contribution in [-0.4, -0.2) is 43.3 Å². The molecule has 0 aromatic carbocycles. The van der Waals surface area contributed by atoms with Crippen LogP contribution in [0.3, 0.4) is 0 Å². The van der Waals surface area contributed by atoms with Crippen molar-refractivity contribution in [3.63, 3.8) is 0 Å². The number of rotatable bonds is 11. The molecule has 0 radical (unpaired) electrons. The monoisotopic (exact) mass is 274 g/mol. The summed E-state index contributed by atoms with van der Waals surface area (Å²) in [6.45, 7) is 3.03. The lowest BCUT2D eigenvalue weighted by Gasteiger charge is -2.16. The molecule has 0 aromatic rings. The second-order valence-corrected chi connectivity index (χ2v) is 4.67. The van der Waals surface area contributed by atoms with Crippen LogP contribution < -0.4 is 11.1 Å². The molecule has 6 nitrogen and oxygen atoms in total. The van der Waals surface area contributed by atoms with Crippen LogP contribution in [0, 0.1) is 5.92 Å². The van der Waals surface area contributed by atoms with E-state index in [4.69, 9.17) is 15.6 Å². The maximum atomic E-state index is 11.6. The minimum Gasteiger partial charge on any atom is -0.481 e. The maximum Gasteiger partial charge on any atom is 0.303 e. The van der Waals surface area contributed by atoms with Crippen molar-refractivity contribution in [1.29, 1.82) is 0 Å². The first-order chi connectivity index (χ1) is 9.01. The Bertz CT molecular complexity index is 271. The van der Waals surface area contributed by atoms with Gasteiger partial charge in [-0.3, -0.25) is 9.59 Å². The van der Waals surface area contributed by atoms with E-state index in [9.17, 15) is 9.59 Å². The largest absolute Gasteiger partial charge is 0.481 e. The Morgan fingerprint density at radius 2 is 2.00 bits per heavy atom. The van der Waals surface area contributed by atoms with Crippen molar-refractivity contribution in [2.75, 3.05) is 20.3 Å². The predicted octanol–water partition coefficient (Wildman–Crippen LogP) is 0.748. The van der Waals surface area contributed by atoms with Crippen LogP contribution in [0.1, 0.15) is 39.0 Å². The van der Waals surface area contributed by atoms with E-state index in [1.165, 1.54) is 0 Å². The highest BCUT2D eigenvalue weighted by Gasteiger charge is 2.14. The Hall–Kier alpha value is -1.14. The predicted molar refractivity (Wildman–Crippen MR) is 72.7 cm³/mol. The number of nitrogens with two attached hydrogens (primary N) is 1. The molecule has 0 aromatic heterocycles. The summed E-state index contributed by atoms with van der Waals surface area (Å²) in [5.74, 6) is -0.624. The Kier molecular flexibility index (Phi) is 10.1. The van der Waals surface area contributed by atoms with E-state index in [0.717, 1.165) is 12.8 Å². The van der Waals surface area contributed by atoms with Gasteiger partial charge < -0.3 is 20.9 Å². The third-order valence-electron chi connectivity index (χ3n) is 3.17. The average Bonchev–Trinajstić information content (AvgIpc) is 2.39. The summed E-state index contributed by atoms with van der Waals surface area (Å²) in [6.07, 6.45) is 3.03. The molecular weight excluding hydrogens is 248 g/mol. The van der Waals surface area contributed by atoms with Crippen molar-refractivity contribution < 1.29 is 19.4 Å². The van der Waals surface area contributed by atoms with E-state index in [1.54, 1.807) is 7.11 Å². The van der Waals surface area contributed by atoms with Crippen molar-refractivity contribution in [3.8, 4) is 0 Å². The Labute approximate surface area is 114 Å². The molecule has 0 saturated heterocycles. The zero-order valence-electron chi connectivity index (χ0n) is 11.9. The van der Waals surface area contributed by atoms with Gasteiger partial charge in [0.1, 0.15) is 0 Å². The molecule has 0 rings (SSSR count). The number of carbonyl (C=O) groups is 2. The summed E-state index contributed by atoms with van der Waals surface area (Å²) in [7, 11) is 1.57. The number of aliphatic carboxylic acids is 1. The molecule has 1 amide bonds. The van der Waals surface area contributed by atoms with Gasteiger partial charge in [0.15, 0.2) is 0 Å². The molecule has 2 unspecified atom stereocenters. The molecule has 0 heterocycles. The van der Waals surface area contributed by atoms with E-state index in [-0.39, 0.29) is 12.3 Å². The Morgan fingerprint density at radius 1 is 1.32 bits per heavy atom. The van der Waals surface area contributed by atoms with Crippen molar-refractivity contribution >= 4 is 11.9 Å². The fourth-order valence-electron chi connectivity index (χ4n) is 1.79. The number of carbonyl (C=O) groups excluding carboxylic acids is 1. The highest BCUT2D eigenvalue weighted by atomic mass is 16.5. The number of hydrogen-bond donors (Lipinski definition) is 3. The summed E-state index contributed by atoms with van der Waals surface area (Å²) in [5.41, 5.74) is 5.68. The third kappa shape index (κ3) is 9.44. The van der Waals surface area contributed by atoms with Crippen LogP contribution in [0.15, 0.2) is 0 Å². The van der Waals surface area contributed by atoms with Gasteiger partial charge in [0.05, 0.1) is 6.04 Å². The number of carboxylic acids is 1. The quantitative estimate of drug-likeness (QED) is 0.516. The average molecular weight is 274 g/mol. The fraction of sp³-hybridized carbons (Fsp3) is 0.846. The molecule has 6 heteroatoms. The summed E-state index contributed by atoms with van der Waals surface area (Å²) in [4.78, 5) is 22.1. The molecule has 4 N–H and O–H groups in total. The summed E-state index contributed by atoms with van der Waals surface area (Å²) in [6, 6.07) is -0.543. The summed E-state index contributed by atoms with van der Waals surface area (Å²) in [5, 5.41) is 11.4. The first-order valence-electron chi connectivity index (χ1n) is 6.75. The molecule has 2 atom stereocenters. The van der Waals surface area contributed by atoms with Gasteiger partial charge in [0, 0.05) is 26.7 Å². The van der Waals surface area contributed by atoms with Gasteiger partial charge in [-0.25, -0.2) is 0 Å². The first kappa shape index (κ1) is 17.9. The van der Waals surface area contributed by atoms with E-state index in [1.807, 2.05) is 6.92 Å². The fourth-order valence-corrected chi connectivity index (χ4v) is 1.79. The molecule has 0 spiro atoms. The molecule has 0 bridgehead atoms. The first-order valence-corrected chi connectivity index (χ1v) is 6.75. The highest BCUT2D eigenvalue weighted by Crippen LogP contribution is 2.14. The molecule has 112 valence electrons. The SMILES string of the molecule is CCC(CCNC(=O)C(N)CCOC)CCC(=O)O. The van der Waals surface area contributed by atoms with Crippen LogP contribution >= 0.6 is 0 Å². The summed E-state index contributed by atoms with van der Waals surface area (Å²) < 4.78 is 4.86. The van der Waals surface area contributed by atoms with Crippen molar-refractivity contribution in [2.24, 2.45) is 11.7 Å². The molecule has 0 aliphatic carbocycles. The summed E-state index contributed by atoms with van der Waals surface area (Å²) >= 11 is 0. The van der Waals surface area contributed by atoms with Gasteiger partial charge in [0.2, 0.25) is 5.91 Å². The van der Waals surface area contributed by atoms with Gasteiger partial charge in [0.25, 0.3) is 0 Å². The Balaban J connectivity index is 3.79. The van der Waals surface area contributed by atoms with Gasteiger partial charge in [-0.2, -0.15) is 0 Å². The molecule has 0 aliphatic heterocycles. The van der Waals surface area contributed by atoms with Gasteiger partial charge in [-0.15, -0.1) is 0 Å². The lowest BCUT2D eigenvalue weighted by molar-refractivity contribution is -0.137. The third-order valence-corrected chi connectivity index (χ3v) is 3.17. The minimum atomic E-state index is -0.774. The molecule has 19 heavy (non-hydrogen) atoms. The van der Waals surface area contributed by atoms with Gasteiger partial charge in [-0.1, -0.05) is 13.3 Å². The van der Waals surface area contributed by atoms with Crippen LogP contribution in [-0.2, 0) is 14.3 Å².